The van der Waals surface area contributed by atoms with Crippen LogP contribution < -0.4 is 10.5 Å². The van der Waals surface area contributed by atoms with Gasteiger partial charge in [0.15, 0.2) is 0 Å². The third-order valence-corrected chi connectivity index (χ3v) is 3.25. The molecule has 1 aromatic rings. The normalized spacial score (nSPS) is 24.1. The molecule has 0 saturated carbocycles. The first-order valence-corrected chi connectivity index (χ1v) is 5.07. The third kappa shape index (κ3) is 1.14. The number of primary amides is 1. The minimum Gasteiger partial charge on any atom is -0.492 e. The van der Waals surface area contributed by atoms with Crippen molar-refractivity contribution in [1.82, 2.24) is 0 Å². The van der Waals surface area contributed by atoms with Gasteiger partial charge < -0.3 is 10.5 Å². The van der Waals surface area contributed by atoms with Crippen molar-refractivity contribution in [1.29, 1.82) is 0 Å². The van der Waals surface area contributed by atoms with Crippen LogP contribution in [0.4, 0.5) is 0 Å². The molecule has 2 N–H and O–H groups in total. The van der Waals surface area contributed by atoms with E-state index in [-0.39, 0.29) is 5.91 Å². The van der Waals surface area contributed by atoms with Crippen molar-refractivity contribution < 1.29 is 9.53 Å². The first-order chi connectivity index (χ1) is 6.55. The molecule has 1 atom stereocenters. The van der Waals surface area contributed by atoms with Crippen LogP contribution >= 0.6 is 15.9 Å². The lowest BCUT2D eigenvalue weighted by Crippen LogP contribution is -2.40. The Morgan fingerprint density at radius 3 is 3.00 bits per heavy atom. The maximum atomic E-state index is 11.4. The second-order valence-corrected chi connectivity index (χ2v) is 4.45. The predicted octanol–water partition coefficient (Wildman–Crippen LogP) is 1.58. The van der Waals surface area contributed by atoms with Crippen LogP contribution in [0.25, 0.3) is 0 Å². The van der Waals surface area contributed by atoms with E-state index in [1.165, 1.54) is 0 Å². The highest BCUT2D eigenvalue weighted by molar-refractivity contribution is 9.10. The van der Waals surface area contributed by atoms with Gasteiger partial charge in [0.1, 0.15) is 17.8 Å². The largest absolute Gasteiger partial charge is 0.492 e. The molecule has 1 aliphatic rings. The van der Waals surface area contributed by atoms with Gasteiger partial charge in [-0.25, -0.2) is 0 Å². The van der Waals surface area contributed by atoms with Crippen LogP contribution in [0.1, 0.15) is 12.5 Å². The molecule has 14 heavy (non-hydrogen) atoms. The average molecular weight is 256 g/mol. The summed E-state index contributed by atoms with van der Waals surface area (Å²) < 4.78 is 6.29. The highest BCUT2D eigenvalue weighted by Gasteiger charge is 2.43. The quantitative estimate of drug-likeness (QED) is 0.829. The molecule has 1 amide bonds. The number of hydrogen-bond acceptors (Lipinski definition) is 2. The number of ether oxygens (including phenoxy) is 1. The van der Waals surface area contributed by atoms with Crippen molar-refractivity contribution in [2.45, 2.75) is 12.3 Å². The zero-order valence-electron chi connectivity index (χ0n) is 7.71. The van der Waals surface area contributed by atoms with Gasteiger partial charge in [-0.2, -0.15) is 0 Å². The number of halogens is 1. The summed E-state index contributed by atoms with van der Waals surface area (Å²) in [5, 5.41) is 0. The number of nitrogens with two attached hydrogens (primary N) is 1. The summed E-state index contributed by atoms with van der Waals surface area (Å²) in [6.45, 7) is 2.12. The fourth-order valence-corrected chi connectivity index (χ4v) is 2.43. The van der Waals surface area contributed by atoms with Crippen LogP contribution in [0.2, 0.25) is 0 Å². The molecule has 0 radical (unpaired) electrons. The van der Waals surface area contributed by atoms with E-state index in [4.69, 9.17) is 10.5 Å². The first kappa shape index (κ1) is 9.52. The Bertz CT molecular complexity index is 405. The van der Waals surface area contributed by atoms with Gasteiger partial charge in [-0.05, 0) is 19.1 Å². The summed E-state index contributed by atoms with van der Waals surface area (Å²) in [6.07, 6.45) is 0. The van der Waals surface area contributed by atoms with E-state index < -0.39 is 5.41 Å². The molecule has 0 fully saturated rings. The van der Waals surface area contributed by atoms with Gasteiger partial charge in [0.2, 0.25) is 5.91 Å². The minimum absolute atomic E-state index is 0.320. The summed E-state index contributed by atoms with van der Waals surface area (Å²) >= 11 is 3.40. The molecular weight excluding hydrogens is 246 g/mol. The van der Waals surface area contributed by atoms with Crippen molar-refractivity contribution in [2.75, 3.05) is 6.61 Å². The Balaban J connectivity index is 2.64. The highest BCUT2D eigenvalue weighted by atomic mass is 79.9. The monoisotopic (exact) mass is 255 g/mol. The second-order valence-electron chi connectivity index (χ2n) is 3.60. The van der Waals surface area contributed by atoms with Crippen molar-refractivity contribution >= 4 is 21.8 Å². The number of rotatable bonds is 1. The summed E-state index contributed by atoms with van der Waals surface area (Å²) in [5.74, 6) is 0.379. The minimum atomic E-state index is -0.713. The SMILES string of the molecule is CC1(C(N)=O)COc2cccc(Br)c21. The Labute approximate surface area is 90.4 Å². The van der Waals surface area contributed by atoms with Crippen LogP contribution in [-0.2, 0) is 10.2 Å². The number of carbonyl (C=O) groups is 1. The topological polar surface area (TPSA) is 52.3 Å². The molecule has 1 aromatic carbocycles. The summed E-state index contributed by atoms with van der Waals surface area (Å²) in [4.78, 5) is 11.4. The standard InChI is InChI=1S/C10H10BrNO2/c1-10(9(12)13)5-14-7-4-2-3-6(11)8(7)10/h2-4H,5H2,1H3,(H2,12,13). The number of fused-ring (bicyclic) bond motifs is 1. The number of hydrogen-bond donors (Lipinski definition) is 1. The lowest BCUT2D eigenvalue weighted by molar-refractivity contribution is -0.123. The van der Waals surface area contributed by atoms with Crippen molar-refractivity contribution in [3.8, 4) is 5.75 Å². The lowest BCUT2D eigenvalue weighted by atomic mass is 9.84. The average Bonchev–Trinajstić information content (AvgIpc) is 2.47. The van der Waals surface area contributed by atoms with Gasteiger partial charge >= 0.3 is 0 Å². The van der Waals surface area contributed by atoms with Crippen molar-refractivity contribution in [3.63, 3.8) is 0 Å². The van der Waals surface area contributed by atoms with Gasteiger partial charge in [0.25, 0.3) is 0 Å². The summed E-state index contributed by atoms with van der Waals surface area (Å²) in [6, 6.07) is 5.60. The van der Waals surface area contributed by atoms with E-state index in [0.29, 0.717) is 6.61 Å². The molecule has 0 aliphatic carbocycles. The Morgan fingerprint density at radius 2 is 2.36 bits per heavy atom. The smallest absolute Gasteiger partial charge is 0.231 e. The van der Waals surface area contributed by atoms with E-state index in [1.54, 1.807) is 6.92 Å². The van der Waals surface area contributed by atoms with Gasteiger partial charge in [-0.1, -0.05) is 22.0 Å². The molecule has 3 nitrogen and oxygen atoms in total. The summed E-state index contributed by atoms with van der Waals surface area (Å²) in [5.41, 5.74) is 5.52. The fraction of sp³-hybridized carbons (Fsp3) is 0.300. The van der Waals surface area contributed by atoms with Gasteiger partial charge in [-0.3, -0.25) is 4.79 Å². The zero-order chi connectivity index (χ0) is 10.3. The van der Waals surface area contributed by atoms with Crippen LogP contribution in [0.15, 0.2) is 22.7 Å². The van der Waals surface area contributed by atoms with Gasteiger partial charge in [0.05, 0.1) is 0 Å². The van der Waals surface area contributed by atoms with E-state index in [1.807, 2.05) is 18.2 Å². The Hall–Kier alpha value is -1.03. The van der Waals surface area contributed by atoms with E-state index in [2.05, 4.69) is 15.9 Å². The third-order valence-electron chi connectivity index (χ3n) is 2.59. The molecule has 1 aliphatic heterocycles. The fourth-order valence-electron chi connectivity index (χ4n) is 1.65. The molecule has 1 heterocycles. The lowest BCUT2D eigenvalue weighted by Gasteiger charge is -2.18. The number of benzene rings is 1. The highest BCUT2D eigenvalue weighted by Crippen LogP contribution is 2.42. The molecule has 0 saturated heterocycles. The van der Waals surface area contributed by atoms with Gasteiger partial charge in [-0.15, -0.1) is 0 Å². The molecule has 74 valence electrons. The molecule has 1 unspecified atom stereocenters. The molecule has 4 heteroatoms. The Morgan fingerprint density at radius 1 is 1.64 bits per heavy atom. The Kier molecular flexibility index (Phi) is 2.03. The molecule has 0 bridgehead atoms. The molecular formula is C10H10BrNO2. The van der Waals surface area contributed by atoms with E-state index in [9.17, 15) is 4.79 Å². The second kappa shape index (κ2) is 2.98. The van der Waals surface area contributed by atoms with E-state index >= 15 is 0 Å². The number of carbonyl (C=O) groups excluding carboxylic acids is 1. The summed E-state index contributed by atoms with van der Waals surface area (Å²) in [7, 11) is 0. The molecule has 0 spiro atoms. The molecule has 2 rings (SSSR count). The van der Waals surface area contributed by atoms with Crippen LogP contribution in [0.3, 0.4) is 0 Å². The van der Waals surface area contributed by atoms with Crippen molar-refractivity contribution in [3.05, 3.63) is 28.2 Å². The first-order valence-electron chi connectivity index (χ1n) is 4.27. The molecule has 0 aromatic heterocycles. The zero-order valence-corrected chi connectivity index (χ0v) is 9.30. The predicted molar refractivity (Wildman–Crippen MR) is 56.2 cm³/mol. The van der Waals surface area contributed by atoms with Crippen LogP contribution in [0, 0.1) is 0 Å². The maximum absolute atomic E-state index is 11.4. The van der Waals surface area contributed by atoms with Crippen LogP contribution in [-0.4, -0.2) is 12.5 Å². The van der Waals surface area contributed by atoms with E-state index in [0.717, 1.165) is 15.8 Å². The van der Waals surface area contributed by atoms with Crippen LogP contribution in [0.5, 0.6) is 5.75 Å². The number of amides is 1. The van der Waals surface area contributed by atoms with Crippen molar-refractivity contribution in [2.24, 2.45) is 5.73 Å². The van der Waals surface area contributed by atoms with Gasteiger partial charge in [0, 0.05) is 10.0 Å². The maximum Gasteiger partial charge on any atom is 0.231 e.